The van der Waals surface area contributed by atoms with Crippen molar-refractivity contribution in [2.24, 2.45) is 0 Å². The lowest BCUT2D eigenvalue weighted by Gasteiger charge is -2.09. The van der Waals surface area contributed by atoms with Gasteiger partial charge in [0.15, 0.2) is 22.5 Å². The molecule has 0 saturated carbocycles. The highest BCUT2D eigenvalue weighted by atomic mass is 32.2. The first-order valence-corrected chi connectivity index (χ1v) is 8.72. The summed E-state index contributed by atoms with van der Waals surface area (Å²) < 4.78 is 21.1. The third kappa shape index (κ3) is 3.94. The standard InChI is InChI=1S/C18H18FN3OS/c1-2-22-17(12-23-16-11-7-6-10-15(16)19)20-21-18(22)24-13-14-8-4-3-5-9-14/h3-11H,2,12-13H2,1H3. The second-order valence-corrected chi connectivity index (χ2v) is 6.08. The van der Waals surface area contributed by atoms with Crippen molar-refractivity contribution < 1.29 is 9.13 Å². The quantitative estimate of drug-likeness (QED) is 0.599. The average Bonchev–Trinajstić information content (AvgIpc) is 3.02. The third-order valence-corrected chi connectivity index (χ3v) is 4.55. The van der Waals surface area contributed by atoms with Gasteiger partial charge in [-0.1, -0.05) is 54.2 Å². The lowest BCUT2D eigenvalue weighted by Crippen LogP contribution is -2.07. The molecule has 0 aliphatic heterocycles. The van der Waals surface area contributed by atoms with Crippen molar-refractivity contribution in [1.29, 1.82) is 0 Å². The number of benzene rings is 2. The molecule has 0 N–H and O–H groups in total. The molecule has 124 valence electrons. The molecule has 0 amide bonds. The van der Waals surface area contributed by atoms with E-state index in [0.717, 1.165) is 17.5 Å². The number of hydrogen-bond acceptors (Lipinski definition) is 4. The van der Waals surface area contributed by atoms with E-state index < -0.39 is 0 Å². The molecule has 4 nitrogen and oxygen atoms in total. The molecule has 0 saturated heterocycles. The second kappa shape index (κ2) is 7.97. The molecular formula is C18H18FN3OS. The predicted molar refractivity (Wildman–Crippen MR) is 92.4 cm³/mol. The molecule has 0 atom stereocenters. The Morgan fingerprint density at radius 1 is 1.04 bits per heavy atom. The molecule has 0 bridgehead atoms. The summed E-state index contributed by atoms with van der Waals surface area (Å²) in [6, 6.07) is 16.6. The van der Waals surface area contributed by atoms with E-state index in [1.54, 1.807) is 30.0 Å². The zero-order chi connectivity index (χ0) is 16.8. The van der Waals surface area contributed by atoms with E-state index in [0.29, 0.717) is 5.82 Å². The van der Waals surface area contributed by atoms with Crippen molar-refractivity contribution in [3.63, 3.8) is 0 Å². The van der Waals surface area contributed by atoms with Crippen molar-refractivity contribution in [3.8, 4) is 5.75 Å². The molecule has 0 unspecified atom stereocenters. The van der Waals surface area contributed by atoms with Crippen LogP contribution in [0.2, 0.25) is 0 Å². The van der Waals surface area contributed by atoms with Crippen LogP contribution in [0.1, 0.15) is 18.3 Å². The molecule has 0 fully saturated rings. The summed E-state index contributed by atoms with van der Waals surface area (Å²) in [4.78, 5) is 0. The van der Waals surface area contributed by atoms with Crippen LogP contribution in [0, 0.1) is 5.82 Å². The highest BCUT2D eigenvalue weighted by Crippen LogP contribution is 2.23. The van der Waals surface area contributed by atoms with E-state index >= 15 is 0 Å². The molecular weight excluding hydrogens is 325 g/mol. The Labute approximate surface area is 144 Å². The molecule has 1 heterocycles. The number of aromatic nitrogens is 3. The number of nitrogens with zero attached hydrogens (tertiary/aromatic N) is 3. The Morgan fingerprint density at radius 2 is 1.79 bits per heavy atom. The Balaban J connectivity index is 1.67. The first-order valence-electron chi connectivity index (χ1n) is 7.74. The molecule has 3 rings (SSSR count). The maximum atomic E-state index is 13.6. The Morgan fingerprint density at radius 3 is 2.54 bits per heavy atom. The minimum absolute atomic E-state index is 0.188. The lowest BCUT2D eigenvalue weighted by molar-refractivity contribution is 0.274. The van der Waals surface area contributed by atoms with Crippen LogP contribution in [0.4, 0.5) is 4.39 Å². The van der Waals surface area contributed by atoms with Crippen molar-refractivity contribution in [3.05, 3.63) is 71.8 Å². The van der Waals surface area contributed by atoms with Crippen LogP contribution in [0.5, 0.6) is 5.75 Å². The largest absolute Gasteiger partial charge is 0.483 e. The van der Waals surface area contributed by atoms with Gasteiger partial charge in [0.05, 0.1) is 0 Å². The van der Waals surface area contributed by atoms with Crippen LogP contribution in [0.3, 0.4) is 0 Å². The number of hydrogen-bond donors (Lipinski definition) is 0. The number of rotatable bonds is 7. The maximum absolute atomic E-state index is 13.6. The van der Waals surface area contributed by atoms with E-state index in [9.17, 15) is 4.39 Å². The molecule has 0 aliphatic rings. The first kappa shape index (κ1) is 16.5. The van der Waals surface area contributed by atoms with Gasteiger partial charge >= 0.3 is 0 Å². The topological polar surface area (TPSA) is 39.9 Å². The molecule has 0 aliphatic carbocycles. The zero-order valence-corrected chi connectivity index (χ0v) is 14.2. The summed E-state index contributed by atoms with van der Waals surface area (Å²) in [7, 11) is 0. The Kier molecular flexibility index (Phi) is 5.48. The fourth-order valence-electron chi connectivity index (χ4n) is 2.28. The minimum Gasteiger partial charge on any atom is -0.483 e. The van der Waals surface area contributed by atoms with Crippen LogP contribution in [-0.4, -0.2) is 14.8 Å². The van der Waals surface area contributed by atoms with Gasteiger partial charge in [0, 0.05) is 12.3 Å². The fraction of sp³-hybridized carbons (Fsp3) is 0.222. The Hall–Kier alpha value is -2.34. The van der Waals surface area contributed by atoms with Gasteiger partial charge < -0.3 is 9.30 Å². The summed E-state index contributed by atoms with van der Waals surface area (Å²) in [5.41, 5.74) is 1.23. The van der Waals surface area contributed by atoms with Gasteiger partial charge in [-0.15, -0.1) is 10.2 Å². The minimum atomic E-state index is -0.376. The molecule has 2 aromatic carbocycles. The van der Waals surface area contributed by atoms with Gasteiger partial charge in [-0.2, -0.15) is 0 Å². The van der Waals surface area contributed by atoms with Crippen LogP contribution < -0.4 is 4.74 Å². The van der Waals surface area contributed by atoms with Crippen molar-refractivity contribution in [2.75, 3.05) is 0 Å². The smallest absolute Gasteiger partial charge is 0.191 e. The van der Waals surface area contributed by atoms with Gasteiger partial charge in [0.2, 0.25) is 0 Å². The fourth-order valence-corrected chi connectivity index (χ4v) is 3.25. The SMILES string of the molecule is CCn1c(COc2ccccc2F)nnc1SCc1ccccc1. The van der Waals surface area contributed by atoms with Crippen LogP contribution in [0.25, 0.3) is 0 Å². The second-order valence-electron chi connectivity index (χ2n) is 5.14. The highest BCUT2D eigenvalue weighted by molar-refractivity contribution is 7.98. The lowest BCUT2D eigenvalue weighted by atomic mass is 10.2. The molecule has 6 heteroatoms. The number of halogens is 1. The third-order valence-electron chi connectivity index (χ3n) is 3.51. The monoisotopic (exact) mass is 343 g/mol. The summed E-state index contributed by atoms with van der Waals surface area (Å²) in [5.74, 6) is 1.37. The summed E-state index contributed by atoms with van der Waals surface area (Å²) in [5, 5.41) is 9.27. The van der Waals surface area contributed by atoms with E-state index in [1.807, 2.05) is 29.7 Å². The van der Waals surface area contributed by atoms with Gasteiger partial charge in [0.25, 0.3) is 0 Å². The normalized spacial score (nSPS) is 10.8. The van der Waals surface area contributed by atoms with Gasteiger partial charge in [-0.3, -0.25) is 0 Å². The molecule has 1 aromatic heterocycles. The van der Waals surface area contributed by atoms with E-state index in [-0.39, 0.29) is 18.2 Å². The summed E-state index contributed by atoms with van der Waals surface area (Å²) in [6.45, 7) is 2.95. The summed E-state index contributed by atoms with van der Waals surface area (Å²) >= 11 is 1.63. The average molecular weight is 343 g/mol. The maximum Gasteiger partial charge on any atom is 0.191 e. The molecule has 3 aromatic rings. The van der Waals surface area contributed by atoms with Crippen LogP contribution in [-0.2, 0) is 18.9 Å². The van der Waals surface area contributed by atoms with Crippen molar-refractivity contribution in [1.82, 2.24) is 14.8 Å². The van der Waals surface area contributed by atoms with E-state index in [2.05, 4.69) is 22.3 Å². The van der Waals surface area contributed by atoms with E-state index in [1.165, 1.54) is 11.6 Å². The van der Waals surface area contributed by atoms with Crippen LogP contribution >= 0.6 is 11.8 Å². The number of para-hydroxylation sites is 1. The molecule has 0 spiro atoms. The first-order chi connectivity index (χ1) is 11.8. The molecule has 0 radical (unpaired) electrons. The highest BCUT2D eigenvalue weighted by Gasteiger charge is 2.13. The Bertz CT molecular complexity index is 792. The van der Waals surface area contributed by atoms with E-state index in [4.69, 9.17) is 4.74 Å². The molecule has 24 heavy (non-hydrogen) atoms. The number of thioether (sulfide) groups is 1. The zero-order valence-electron chi connectivity index (χ0n) is 13.4. The van der Waals surface area contributed by atoms with Crippen molar-refractivity contribution >= 4 is 11.8 Å². The van der Waals surface area contributed by atoms with Crippen molar-refractivity contribution in [2.45, 2.75) is 31.0 Å². The predicted octanol–water partition coefficient (Wildman–Crippen LogP) is 4.31. The van der Waals surface area contributed by atoms with Gasteiger partial charge in [-0.05, 0) is 24.6 Å². The van der Waals surface area contributed by atoms with Crippen LogP contribution in [0.15, 0.2) is 59.8 Å². The number of ether oxygens (including phenoxy) is 1. The van der Waals surface area contributed by atoms with Gasteiger partial charge in [-0.25, -0.2) is 4.39 Å². The summed E-state index contributed by atoms with van der Waals surface area (Å²) in [6.07, 6.45) is 0. The van der Waals surface area contributed by atoms with Gasteiger partial charge in [0.1, 0.15) is 6.61 Å².